The molecule has 1 nitrogen and oxygen atoms in total. The molecule has 14 heavy (non-hydrogen) atoms. The highest BCUT2D eigenvalue weighted by molar-refractivity contribution is 5.49. The molecule has 0 amide bonds. The maximum atomic E-state index is 13.1. The minimum absolute atomic E-state index is 0.167. The Morgan fingerprint density at radius 1 is 1.36 bits per heavy atom. The van der Waals surface area contributed by atoms with Gasteiger partial charge in [-0.2, -0.15) is 0 Å². The molecule has 2 heteroatoms. The largest absolute Gasteiger partial charge is 0.313 e. The van der Waals surface area contributed by atoms with E-state index in [4.69, 9.17) is 0 Å². The first kappa shape index (κ1) is 10.9. The zero-order chi connectivity index (χ0) is 10.2. The quantitative estimate of drug-likeness (QED) is 0.709. The summed E-state index contributed by atoms with van der Waals surface area (Å²) in [7, 11) is 0. The summed E-state index contributed by atoms with van der Waals surface area (Å²) in [6.45, 7) is 3.91. The third-order valence-corrected chi connectivity index (χ3v) is 1.89. The Hall–Kier alpha value is -1.15. The number of rotatable bonds is 5. The van der Waals surface area contributed by atoms with Crippen LogP contribution in [0.5, 0.6) is 0 Å². The van der Waals surface area contributed by atoms with Crippen molar-refractivity contribution in [3.63, 3.8) is 0 Å². The van der Waals surface area contributed by atoms with Crippen LogP contribution in [0.25, 0.3) is 6.08 Å². The van der Waals surface area contributed by atoms with Gasteiger partial charge in [0.2, 0.25) is 0 Å². The Balaban J connectivity index is 2.40. The van der Waals surface area contributed by atoms with E-state index in [1.165, 1.54) is 6.07 Å². The second kappa shape index (κ2) is 6.33. The Labute approximate surface area is 84.6 Å². The van der Waals surface area contributed by atoms with Crippen molar-refractivity contribution in [1.82, 2.24) is 5.32 Å². The first-order chi connectivity index (χ1) is 6.84. The molecular weight excluding hydrogens is 177 g/mol. The topological polar surface area (TPSA) is 12.0 Å². The van der Waals surface area contributed by atoms with Gasteiger partial charge in [-0.15, -0.1) is 0 Å². The van der Waals surface area contributed by atoms with Crippen molar-refractivity contribution in [1.29, 1.82) is 0 Å². The predicted molar refractivity (Wildman–Crippen MR) is 58.6 cm³/mol. The maximum absolute atomic E-state index is 13.1. The molecule has 0 spiro atoms. The number of halogens is 1. The Morgan fingerprint density at radius 2 is 2.14 bits per heavy atom. The summed E-state index contributed by atoms with van der Waals surface area (Å²) in [5.74, 6) is -0.167. The molecule has 76 valence electrons. The van der Waals surface area contributed by atoms with Gasteiger partial charge in [-0.25, -0.2) is 4.39 Å². The van der Waals surface area contributed by atoms with Gasteiger partial charge in [0, 0.05) is 12.1 Å². The molecule has 0 bridgehead atoms. The van der Waals surface area contributed by atoms with Crippen LogP contribution >= 0.6 is 0 Å². The van der Waals surface area contributed by atoms with Crippen molar-refractivity contribution < 1.29 is 4.39 Å². The van der Waals surface area contributed by atoms with Gasteiger partial charge in [-0.3, -0.25) is 0 Å². The molecule has 0 aliphatic rings. The van der Waals surface area contributed by atoms with Crippen molar-refractivity contribution in [2.45, 2.75) is 13.3 Å². The molecule has 0 aliphatic heterocycles. The Kier molecular flexibility index (Phi) is 4.94. The second-order valence-corrected chi connectivity index (χ2v) is 3.13. The molecule has 0 radical (unpaired) electrons. The summed E-state index contributed by atoms with van der Waals surface area (Å²) >= 11 is 0. The van der Waals surface area contributed by atoms with Crippen LogP contribution < -0.4 is 5.32 Å². The fraction of sp³-hybridized carbons (Fsp3) is 0.333. The van der Waals surface area contributed by atoms with Crippen LogP contribution in [-0.4, -0.2) is 13.1 Å². The van der Waals surface area contributed by atoms with Crippen LogP contribution in [0.1, 0.15) is 18.9 Å². The fourth-order valence-corrected chi connectivity index (χ4v) is 1.16. The summed E-state index contributed by atoms with van der Waals surface area (Å²) in [6, 6.07) is 6.77. The lowest BCUT2D eigenvalue weighted by Crippen LogP contribution is -2.13. The molecule has 1 rings (SSSR count). The van der Waals surface area contributed by atoms with E-state index in [1.54, 1.807) is 18.2 Å². The third-order valence-electron chi connectivity index (χ3n) is 1.89. The van der Waals surface area contributed by atoms with Crippen LogP contribution in [0.4, 0.5) is 4.39 Å². The lowest BCUT2D eigenvalue weighted by molar-refractivity contribution is 0.625. The molecule has 0 aromatic heterocycles. The zero-order valence-corrected chi connectivity index (χ0v) is 8.46. The summed E-state index contributed by atoms with van der Waals surface area (Å²) in [5, 5.41) is 3.22. The Morgan fingerprint density at radius 3 is 2.86 bits per heavy atom. The number of benzene rings is 1. The molecular formula is C12H16FN. The van der Waals surface area contributed by atoms with Crippen LogP contribution in [0.2, 0.25) is 0 Å². The van der Waals surface area contributed by atoms with E-state index < -0.39 is 0 Å². The van der Waals surface area contributed by atoms with Gasteiger partial charge in [-0.05, 0) is 19.0 Å². The van der Waals surface area contributed by atoms with Crippen molar-refractivity contribution in [2.75, 3.05) is 13.1 Å². The van der Waals surface area contributed by atoms with E-state index in [1.807, 2.05) is 12.1 Å². The first-order valence-corrected chi connectivity index (χ1v) is 4.96. The normalized spacial score (nSPS) is 11.0. The fourth-order valence-electron chi connectivity index (χ4n) is 1.16. The lowest BCUT2D eigenvalue weighted by atomic mass is 10.2. The van der Waals surface area contributed by atoms with E-state index in [9.17, 15) is 4.39 Å². The number of hydrogen-bond donors (Lipinski definition) is 1. The van der Waals surface area contributed by atoms with Gasteiger partial charge in [0.1, 0.15) is 5.82 Å². The van der Waals surface area contributed by atoms with Gasteiger partial charge in [0.05, 0.1) is 0 Å². The molecule has 1 aromatic carbocycles. The van der Waals surface area contributed by atoms with Crippen LogP contribution in [0.15, 0.2) is 30.3 Å². The van der Waals surface area contributed by atoms with Crippen molar-refractivity contribution >= 4 is 6.08 Å². The molecule has 1 aromatic rings. The van der Waals surface area contributed by atoms with E-state index in [2.05, 4.69) is 12.2 Å². The smallest absolute Gasteiger partial charge is 0.130 e. The standard InChI is InChI=1S/C12H16FN/c1-2-9-14-10-5-7-11-6-3-4-8-12(11)13/h3-8,14H,2,9-10H2,1H3. The average molecular weight is 193 g/mol. The van der Waals surface area contributed by atoms with Gasteiger partial charge >= 0.3 is 0 Å². The zero-order valence-electron chi connectivity index (χ0n) is 8.46. The molecule has 0 saturated heterocycles. The Bertz CT molecular complexity index is 294. The molecule has 0 saturated carbocycles. The van der Waals surface area contributed by atoms with Crippen LogP contribution in [0.3, 0.4) is 0 Å². The molecule has 0 unspecified atom stereocenters. The molecule has 0 atom stereocenters. The third kappa shape index (κ3) is 3.71. The van der Waals surface area contributed by atoms with E-state index in [0.717, 1.165) is 19.5 Å². The average Bonchev–Trinajstić information content (AvgIpc) is 2.20. The van der Waals surface area contributed by atoms with Crippen LogP contribution in [-0.2, 0) is 0 Å². The molecule has 0 fully saturated rings. The molecule has 1 N–H and O–H groups in total. The van der Waals surface area contributed by atoms with Gasteiger partial charge in [0.15, 0.2) is 0 Å². The predicted octanol–water partition coefficient (Wildman–Crippen LogP) is 2.84. The second-order valence-electron chi connectivity index (χ2n) is 3.13. The number of nitrogens with one attached hydrogen (secondary N) is 1. The highest BCUT2D eigenvalue weighted by Gasteiger charge is 1.93. The van der Waals surface area contributed by atoms with Gasteiger partial charge < -0.3 is 5.32 Å². The summed E-state index contributed by atoms with van der Waals surface area (Å²) in [4.78, 5) is 0. The minimum atomic E-state index is -0.167. The minimum Gasteiger partial charge on any atom is -0.313 e. The first-order valence-electron chi connectivity index (χ1n) is 4.96. The van der Waals surface area contributed by atoms with Gasteiger partial charge in [-0.1, -0.05) is 37.3 Å². The SMILES string of the molecule is CCCNCC=Cc1ccccc1F. The van der Waals surface area contributed by atoms with Gasteiger partial charge in [0.25, 0.3) is 0 Å². The molecule has 0 aliphatic carbocycles. The van der Waals surface area contributed by atoms with E-state index in [0.29, 0.717) is 5.56 Å². The highest BCUT2D eigenvalue weighted by Crippen LogP contribution is 2.07. The number of hydrogen-bond acceptors (Lipinski definition) is 1. The maximum Gasteiger partial charge on any atom is 0.130 e. The lowest BCUT2D eigenvalue weighted by Gasteiger charge is -1.97. The summed E-state index contributed by atoms with van der Waals surface area (Å²) in [5.41, 5.74) is 0.644. The molecule has 0 heterocycles. The van der Waals surface area contributed by atoms with E-state index >= 15 is 0 Å². The highest BCUT2D eigenvalue weighted by atomic mass is 19.1. The van der Waals surface area contributed by atoms with Crippen molar-refractivity contribution in [2.24, 2.45) is 0 Å². The van der Waals surface area contributed by atoms with Crippen molar-refractivity contribution in [3.8, 4) is 0 Å². The summed E-state index contributed by atoms with van der Waals surface area (Å²) in [6.07, 6.45) is 4.86. The monoisotopic (exact) mass is 193 g/mol. The summed E-state index contributed by atoms with van der Waals surface area (Å²) < 4.78 is 13.1. The van der Waals surface area contributed by atoms with Crippen molar-refractivity contribution in [3.05, 3.63) is 41.7 Å². The van der Waals surface area contributed by atoms with E-state index in [-0.39, 0.29) is 5.82 Å². The van der Waals surface area contributed by atoms with Crippen LogP contribution in [0, 0.1) is 5.82 Å².